The zero-order valence-corrected chi connectivity index (χ0v) is 12.4. The maximum atomic E-state index is 13.1. The molecule has 1 N–H and O–H groups in total. The molecule has 0 aliphatic heterocycles. The van der Waals surface area contributed by atoms with E-state index in [4.69, 9.17) is 11.6 Å². The number of nitrogens with zero attached hydrogens (tertiary/aromatic N) is 1. The fourth-order valence-corrected chi connectivity index (χ4v) is 2.28. The van der Waals surface area contributed by atoms with Crippen LogP contribution in [0.3, 0.4) is 0 Å². The van der Waals surface area contributed by atoms with E-state index in [1.807, 2.05) is 0 Å². The first-order valence-corrected chi connectivity index (χ1v) is 6.76. The first-order valence-electron chi connectivity index (χ1n) is 5.59. The third-order valence-corrected chi connectivity index (χ3v) is 3.55. The van der Waals surface area contributed by atoms with E-state index in [2.05, 4.69) is 21.2 Å². The summed E-state index contributed by atoms with van der Waals surface area (Å²) in [6.07, 6.45) is 0. The maximum Gasteiger partial charge on any atom is 0.271 e. The smallest absolute Gasteiger partial charge is 0.271 e. The quantitative estimate of drug-likeness (QED) is 0.632. The standard InChI is InChI=1S/C13H9BrClFN2O2/c14-10-5-8(1-3-12(10)16)7-17-13-4-2-9(18(19)20)6-11(13)15/h1-6,17H,7H2. The van der Waals surface area contributed by atoms with Crippen molar-refractivity contribution in [3.05, 3.63) is 67.4 Å². The molecule has 0 saturated carbocycles. The monoisotopic (exact) mass is 358 g/mol. The van der Waals surface area contributed by atoms with E-state index in [0.29, 0.717) is 16.7 Å². The second-order valence-corrected chi connectivity index (χ2v) is 5.28. The molecule has 0 bridgehead atoms. The van der Waals surface area contributed by atoms with Crippen molar-refractivity contribution >= 4 is 38.9 Å². The van der Waals surface area contributed by atoms with Crippen LogP contribution in [0.2, 0.25) is 5.02 Å². The summed E-state index contributed by atoms with van der Waals surface area (Å²) in [5.74, 6) is -0.331. The number of anilines is 1. The summed E-state index contributed by atoms with van der Waals surface area (Å²) in [5, 5.41) is 13.9. The highest BCUT2D eigenvalue weighted by Crippen LogP contribution is 2.27. The van der Waals surface area contributed by atoms with Crippen LogP contribution >= 0.6 is 27.5 Å². The van der Waals surface area contributed by atoms with Gasteiger partial charge in [0.05, 0.1) is 20.1 Å². The molecule has 0 fully saturated rings. The molecule has 0 saturated heterocycles. The van der Waals surface area contributed by atoms with Crippen LogP contribution in [0, 0.1) is 15.9 Å². The summed E-state index contributed by atoms with van der Waals surface area (Å²) in [5.41, 5.74) is 1.37. The van der Waals surface area contributed by atoms with Gasteiger partial charge in [0.2, 0.25) is 0 Å². The minimum absolute atomic E-state index is 0.0647. The summed E-state index contributed by atoms with van der Waals surface area (Å²) >= 11 is 9.07. The molecule has 0 aliphatic rings. The molecule has 7 heteroatoms. The number of non-ortho nitro benzene ring substituents is 1. The molecular weight excluding hydrogens is 351 g/mol. The van der Waals surface area contributed by atoms with Gasteiger partial charge in [-0.25, -0.2) is 4.39 Å². The third-order valence-electron chi connectivity index (χ3n) is 2.63. The second-order valence-electron chi connectivity index (χ2n) is 4.02. The van der Waals surface area contributed by atoms with Gasteiger partial charge < -0.3 is 5.32 Å². The summed E-state index contributed by atoms with van der Waals surface area (Å²) in [6.45, 7) is 0.427. The second kappa shape index (κ2) is 6.19. The van der Waals surface area contributed by atoms with Crippen LogP contribution in [0.4, 0.5) is 15.8 Å². The SMILES string of the molecule is O=[N+]([O-])c1ccc(NCc2ccc(F)c(Br)c2)c(Cl)c1. The number of nitro benzene ring substituents is 1. The molecule has 104 valence electrons. The van der Waals surface area contributed by atoms with Crippen LogP contribution in [0.15, 0.2) is 40.9 Å². The summed E-state index contributed by atoms with van der Waals surface area (Å²) in [7, 11) is 0. The van der Waals surface area contributed by atoms with Gasteiger partial charge in [-0.05, 0) is 39.7 Å². The molecule has 4 nitrogen and oxygen atoms in total. The minimum Gasteiger partial charge on any atom is -0.380 e. The lowest BCUT2D eigenvalue weighted by molar-refractivity contribution is -0.384. The van der Waals surface area contributed by atoms with Crippen molar-refractivity contribution in [1.29, 1.82) is 0 Å². The normalized spacial score (nSPS) is 10.3. The molecule has 20 heavy (non-hydrogen) atoms. The third kappa shape index (κ3) is 3.46. The summed E-state index contributed by atoms with van der Waals surface area (Å²) in [6, 6.07) is 8.85. The van der Waals surface area contributed by atoms with E-state index in [-0.39, 0.29) is 16.5 Å². The van der Waals surface area contributed by atoms with E-state index in [0.717, 1.165) is 5.56 Å². The van der Waals surface area contributed by atoms with Crippen molar-refractivity contribution in [3.63, 3.8) is 0 Å². The Kier molecular flexibility index (Phi) is 4.57. The summed E-state index contributed by atoms with van der Waals surface area (Å²) in [4.78, 5) is 10.1. The fourth-order valence-electron chi connectivity index (χ4n) is 1.61. The van der Waals surface area contributed by atoms with Crippen molar-refractivity contribution < 1.29 is 9.31 Å². The Labute approximate surface area is 127 Å². The molecule has 0 aromatic heterocycles. The molecule has 0 aliphatic carbocycles. The van der Waals surface area contributed by atoms with Gasteiger partial charge in [-0.15, -0.1) is 0 Å². The lowest BCUT2D eigenvalue weighted by atomic mass is 10.2. The number of halogens is 3. The van der Waals surface area contributed by atoms with E-state index >= 15 is 0 Å². The number of hydrogen-bond donors (Lipinski definition) is 1. The number of hydrogen-bond acceptors (Lipinski definition) is 3. The van der Waals surface area contributed by atoms with E-state index < -0.39 is 4.92 Å². The first-order chi connectivity index (χ1) is 9.47. The van der Waals surface area contributed by atoms with Gasteiger partial charge in [-0.2, -0.15) is 0 Å². The van der Waals surface area contributed by atoms with E-state index in [1.54, 1.807) is 18.2 Å². The minimum atomic E-state index is -0.507. The Morgan fingerprint density at radius 2 is 2.05 bits per heavy atom. The molecule has 0 radical (unpaired) electrons. The van der Waals surface area contributed by atoms with Gasteiger partial charge in [0, 0.05) is 18.7 Å². The maximum absolute atomic E-state index is 13.1. The lowest BCUT2D eigenvalue weighted by Gasteiger charge is -2.09. The van der Waals surface area contributed by atoms with Crippen LogP contribution in [-0.4, -0.2) is 4.92 Å². The van der Waals surface area contributed by atoms with Crippen LogP contribution in [0.1, 0.15) is 5.56 Å². The number of rotatable bonds is 4. The van der Waals surface area contributed by atoms with E-state index in [1.165, 1.54) is 18.2 Å². The lowest BCUT2D eigenvalue weighted by Crippen LogP contribution is -2.00. The zero-order valence-electron chi connectivity index (χ0n) is 10.1. The van der Waals surface area contributed by atoms with Gasteiger partial charge in [0.1, 0.15) is 5.82 Å². The molecule has 2 aromatic rings. The average molecular weight is 360 g/mol. The van der Waals surface area contributed by atoms with Crippen LogP contribution in [-0.2, 0) is 6.54 Å². The molecule has 2 aromatic carbocycles. The van der Waals surface area contributed by atoms with Gasteiger partial charge in [-0.3, -0.25) is 10.1 Å². The Bertz CT molecular complexity index is 667. The van der Waals surface area contributed by atoms with Crippen molar-refractivity contribution in [2.75, 3.05) is 5.32 Å². The summed E-state index contributed by atoms with van der Waals surface area (Å²) < 4.78 is 13.5. The Morgan fingerprint density at radius 1 is 1.30 bits per heavy atom. The zero-order chi connectivity index (χ0) is 14.7. The van der Waals surface area contributed by atoms with Gasteiger partial charge in [0.25, 0.3) is 5.69 Å². The predicted octanol–water partition coefficient (Wildman–Crippen LogP) is 4.76. The largest absolute Gasteiger partial charge is 0.380 e. The Morgan fingerprint density at radius 3 is 2.65 bits per heavy atom. The van der Waals surface area contributed by atoms with Crippen molar-refractivity contribution in [1.82, 2.24) is 0 Å². The molecule has 0 unspecified atom stereocenters. The van der Waals surface area contributed by atoms with Gasteiger partial charge >= 0.3 is 0 Å². The number of nitrogens with one attached hydrogen (secondary N) is 1. The van der Waals surface area contributed by atoms with Gasteiger partial charge in [0.15, 0.2) is 0 Å². The molecule has 0 amide bonds. The van der Waals surface area contributed by atoms with Crippen LogP contribution < -0.4 is 5.32 Å². The van der Waals surface area contributed by atoms with Crippen molar-refractivity contribution in [3.8, 4) is 0 Å². The van der Waals surface area contributed by atoms with E-state index in [9.17, 15) is 14.5 Å². The Hall–Kier alpha value is -1.66. The highest BCUT2D eigenvalue weighted by atomic mass is 79.9. The fraction of sp³-hybridized carbons (Fsp3) is 0.0769. The molecule has 0 atom stereocenters. The van der Waals surface area contributed by atoms with Crippen molar-refractivity contribution in [2.45, 2.75) is 6.54 Å². The molecule has 0 spiro atoms. The van der Waals surface area contributed by atoms with Gasteiger partial charge in [-0.1, -0.05) is 17.7 Å². The number of nitro groups is 1. The van der Waals surface area contributed by atoms with Crippen LogP contribution in [0.25, 0.3) is 0 Å². The van der Waals surface area contributed by atoms with Crippen molar-refractivity contribution in [2.24, 2.45) is 0 Å². The highest BCUT2D eigenvalue weighted by Gasteiger charge is 2.09. The number of benzene rings is 2. The molecule has 2 rings (SSSR count). The first kappa shape index (κ1) is 14.7. The average Bonchev–Trinajstić information content (AvgIpc) is 2.41. The topological polar surface area (TPSA) is 55.2 Å². The Balaban J connectivity index is 2.10. The highest BCUT2D eigenvalue weighted by molar-refractivity contribution is 9.10. The van der Waals surface area contributed by atoms with Crippen LogP contribution in [0.5, 0.6) is 0 Å². The molecular formula is C13H9BrClFN2O2. The molecule has 0 heterocycles. The predicted molar refractivity (Wildman–Crippen MR) is 79.5 cm³/mol.